The smallest absolute Gasteiger partial charge is 0.237 e. The number of likely N-dealkylation sites (tertiary alicyclic amines) is 1. The predicted molar refractivity (Wildman–Crippen MR) is 100 cm³/mol. The number of imide groups is 1. The van der Waals surface area contributed by atoms with Gasteiger partial charge in [0.15, 0.2) is 6.67 Å². The van der Waals surface area contributed by atoms with E-state index in [1.54, 1.807) is 4.90 Å². The van der Waals surface area contributed by atoms with E-state index in [-0.39, 0.29) is 23.7 Å². The van der Waals surface area contributed by atoms with Gasteiger partial charge in [-0.15, -0.1) is 0 Å². The molecule has 0 bridgehead atoms. The van der Waals surface area contributed by atoms with Gasteiger partial charge in [0.05, 0.1) is 17.9 Å². The first-order valence-electron chi connectivity index (χ1n) is 10.3. The van der Waals surface area contributed by atoms with Crippen LogP contribution in [-0.2, 0) is 16.1 Å². The maximum Gasteiger partial charge on any atom is 0.237 e. The molecule has 3 aliphatic rings. The van der Waals surface area contributed by atoms with Crippen molar-refractivity contribution in [2.24, 2.45) is 11.8 Å². The molecule has 1 N–H and O–H groups in total. The lowest BCUT2D eigenvalue weighted by atomic mass is 9.81. The zero-order valence-corrected chi connectivity index (χ0v) is 16.0. The van der Waals surface area contributed by atoms with E-state index in [1.165, 1.54) is 28.9 Å². The third kappa shape index (κ3) is 3.44. The summed E-state index contributed by atoms with van der Waals surface area (Å²) in [5.74, 6) is 0.698. The Morgan fingerprint density at radius 2 is 1.54 bits per heavy atom. The fourth-order valence-corrected chi connectivity index (χ4v) is 4.69. The molecule has 3 atom stereocenters. The summed E-state index contributed by atoms with van der Waals surface area (Å²) in [6, 6.07) is 9.45. The second kappa shape index (κ2) is 7.15. The Morgan fingerprint density at radius 3 is 2.04 bits per heavy atom. The number of fused-ring (bicyclic) bond motifs is 1. The predicted octanol–water partition coefficient (Wildman–Crippen LogP) is 2.49. The van der Waals surface area contributed by atoms with Crippen LogP contribution in [0.1, 0.15) is 69.4 Å². The van der Waals surface area contributed by atoms with Crippen molar-refractivity contribution in [2.75, 3.05) is 6.67 Å². The minimum absolute atomic E-state index is 0.0259. The van der Waals surface area contributed by atoms with Gasteiger partial charge in [-0.2, -0.15) is 0 Å². The van der Waals surface area contributed by atoms with E-state index < -0.39 is 0 Å². The molecule has 0 radical (unpaired) electrons. The Kier molecular flexibility index (Phi) is 4.87. The van der Waals surface area contributed by atoms with Gasteiger partial charge in [0.2, 0.25) is 11.8 Å². The number of carbonyl (C=O) groups excluding carboxylic acids is 2. The molecule has 1 saturated heterocycles. The average Bonchev–Trinajstić information content (AvgIpc) is 3.46. The Hall–Kier alpha value is -1.68. The molecule has 4 heteroatoms. The van der Waals surface area contributed by atoms with Gasteiger partial charge in [-0.25, -0.2) is 4.90 Å². The fourth-order valence-electron chi connectivity index (χ4n) is 4.69. The van der Waals surface area contributed by atoms with Crippen molar-refractivity contribution >= 4 is 11.8 Å². The summed E-state index contributed by atoms with van der Waals surface area (Å²) in [7, 11) is 0. The van der Waals surface area contributed by atoms with Crippen LogP contribution in [0, 0.1) is 11.8 Å². The number of benzene rings is 1. The van der Waals surface area contributed by atoms with E-state index in [9.17, 15) is 9.59 Å². The second-order valence-electron chi connectivity index (χ2n) is 8.77. The molecular formula is C22H31N2O2+. The van der Waals surface area contributed by atoms with Gasteiger partial charge < -0.3 is 4.90 Å². The largest absolute Gasteiger partial charge is 0.311 e. The van der Waals surface area contributed by atoms with Gasteiger partial charge in [-0.1, -0.05) is 51.0 Å². The normalized spacial score (nSPS) is 27.1. The fraction of sp³-hybridized carbons (Fsp3) is 0.636. The van der Waals surface area contributed by atoms with Crippen molar-refractivity contribution in [1.29, 1.82) is 0 Å². The summed E-state index contributed by atoms with van der Waals surface area (Å²) in [6.07, 6.45) is 6.41. The first-order chi connectivity index (χ1) is 12.5. The van der Waals surface area contributed by atoms with Gasteiger partial charge in [0, 0.05) is 18.4 Å². The molecule has 2 amide bonds. The van der Waals surface area contributed by atoms with Crippen LogP contribution in [-0.4, -0.2) is 29.4 Å². The maximum absolute atomic E-state index is 12.8. The van der Waals surface area contributed by atoms with Crippen molar-refractivity contribution in [3.05, 3.63) is 35.4 Å². The minimum atomic E-state index is -0.0259. The number of nitrogens with one attached hydrogen (secondary N) is 1. The van der Waals surface area contributed by atoms with Crippen LogP contribution in [0.4, 0.5) is 0 Å². The third-order valence-corrected chi connectivity index (χ3v) is 6.53. The molecule has 1 aromatic rings. The lowest BCUT2D eigenvalue weighted by molar-refractivity contribution is -0.932. The van der Waals surface area contributed by atoms with Crippen molar-refractivity contribution in [1.82, 2.24) is 4.90 Å². The van der Waals surface area contributed by atoms with Crippen LogP contribution in [0.5, 0.6) is 0 Å². The van der Waals surface area contributed by atoms with Gasteiger partial charge in [-0.3, -0.25) is 9.59 Å². The molecule has 1 unspecified atom stereocenters. The van der Waals surface area contributed by atoms with E-state index >= 15 is 0 Å². The van der Waals surface area contributed by atoms with Crippen LogP contribution in [0.25, 0.3) is 0 Å². The highest BCUT2D eigenvalue weighted by molar-refractivity contribution is 6.05. The molecule has 26 heavy (non-hydrogen) atoms. The molecule has 0 aromatic heterocycles. The number of quaternary nitrogens is 1. The van der Waals surface area contributed by atoms with Crippen molar-refractivity contribution in [3.8, 4) is 0 Å². The summed E-state index contributed by atoms with van der Waals surface area (Å²) in [5, 5.41) is 0. The lowest BCUT2D eigenvalue weighted by Gasteiger charge is -2.24. The topological polar surface area (TPSA) is 41.8 Å². The molecule has 2 aliphatic carbocycles. The first-order valence-corrected chi connectivity index (χ1v) is 10.3. The van der Waals surface area contributed by atoms with Crippen molar-refractivity contribution in [3.63, 3.8) is 0 Å². The van der Waals surface area contributed by atoms with Crippen molar-refractivity contribution < 1.29 is 14.5 Å². The number of amides is 2. The van der Waals surface area contributed by atoms with Crippen molar-refractivity contribution in [2.45, 2.75) is 70.9 Å². The number of nitrogens with zero attached hydrogens (tertiary/aromatic N) is 1. The molecule has 1 heterocycles. The van der Waals surface area contributed by atoms with Gasteiger partial charge in [-0.05, 0) is 24.3 Å². The minimum Gasteiger partial charge on any atom is -0.311 e. The second-order valence-corrected chi connectivity index (χ2v) is 8.77. The molecule has 1 aromatic carbocycles. The summed E-state index contributed by atoms with van der Waals surface area (Å²) in [6.45, 7) is 5.87. The Morgan fingerprint density at radius 1 is 0.962 bits per heavy atom. The molecule has 3 fully saturated rings. The molecule has 1 aliphatic heterocycles. The van der Waals surface area contributed by atoms with E-state index in [4.69, 9.17) is 0 Å². The van der Waals surface area contributed by atoms with Crippen LogP contribution in [0.15, 0.2) is 24.3 Å². The first kappa shape index (κ1) is 17.7. The Bertz CT molecular complexity index is 654. The molecule has 140 valence electrons. The molecule has 2 saturated carbocycles. The summed E-state index contributed by atoms with van der Waals surface area (Å²) < 4.78 is 0. The molecule has 0 spiro atoms. The standard InChI is InChI=1S/C22H30N2O2/c1-15(2)17-9-7-16(8-10-17)13-23(18-11-12-18)14-24-21(25)19-5-3-4-6-20(19)22(24)26/h7-10,15,18-20H,3-6,11-14H2,1-2H3/p+1/t19-,20+. The summed E-state index contributed by atoms with van der Waals surface area (Å²) >= 11 is 0. The SMILES string of the molecule is CC(C)c1ccc(C[NH+](CN2C(=O)[C@H]3CCCC[C@H]3C2=O)C2CC2)cc1. The summed E-state index contributed by atoms with van der Waals surface area (Å²) in [5.41, 5.74) is 2.66. The van der Waals surface area contributed by atoms with E-state index in [2.05, 4.69) is 38.1 Å². The highest BCUT2D eigenvalue weighted by Gasteiger charge is 2.50. The number of hydrogen-bond donors (Lipinski definition) is 1. The Balaban J connectivity index is 1.45. The number of hydrogen-bond acceptors (Lipinski definition) is 2. The van der Waals surface area contributed by atoms with Crippen LogP contribution >= 0.6 is 0 Å². The highest BCUT2D eigenvalue weighted by Crippen LogP contribution is 2.37. The average molecular weight is 356 g/mol. The van der Waals surface area contributed by atoms with Crippen LogP contribution in [0.3, 0.4) is 0 Å². The third-order valence-electron chi connectivity index (χ3n) is 6.53. The van der Waals surface area contributed by atoms with Gasteiger partial charge in [0.25, 0.3) is 0 Å². The zero-order valence-electron chi connectivity index (χ0n) is 16.0. The number of carbonyl (C=O) groups is 2. The quantitative estimate of drug-likeness (QED) is 0.797. The summed E-state index contributed by atoms with van der Waals surface area (Å²) in [4.78, 5) is 28.6. The van der Waals surface area contributed by atoms with E-state index in [0.29, 0.717) is 18.6 Å². The monoisotopic (exact) mass is 355 g/mol. The van der Waals surface area contributed by atoms with Crippen LogP contribution in [0.2, 0.25) is 0 Å². The van der Waals surface area contributed by atoms with E-state index in [1.807, 2.05) is 0 Å². The van der Waals surface area contributed by atoms with Gasteiger partial charge >= 0.3 is 0 Å². The molecule has 4 rings (SSSR count). The molecular weight excluding hydrogens is 324 g/mol. The number of rotatable bonds is 6. The Labute approximate surface area is 156 Å². The highest BCUT2D eigenvalue weighted by atomic mass is 16.2. The van der Waals surface area contributed by atoms with Gasteiger partial charge in [0.1, 0.15) is 6.54 Å². The maximum atomic E-state index is 12.8. The lowest BCUT2D eigenvalue weighted by Crippen LogP contribution is -3.13. The van der Waals surface area contributed by atoms with Crippen LogP contribution < -0.4 is 4.90 Å². The zero-order chi connectivity index (χ0) is 18.3. The molecule has 4 nitrogen and oxygen atoms in total. The van der Waals surface area contributed by atoms with E-state index in [0.717, 1.165) is 32.2 Å².